The number of alkyl halides is 3. The van der Waals surface area contributed by atoms with E-state index in [1.807, 2.05) is 11.8 Å². The zero-order valence-electron chi connectivity index (χ0n) is 11.6. The van der Waals surface area contributed by atoms with Gasteiger partial charge in [-0.2, -0.15) is 13.2 Å². The molecule has 6 heteroatoms. The molecule has 0 aliphatic heterocycles. The van der Waals surface area contributed by atoms with E-state index in [4.69, 9.17) is 0 Å². The van der Waals surface area contributed by atoms with Gasteiger partial charge in [0.1, 0.15) is 5.54 Å². The van der Waals surface area contributed by atoms with Gasteiger partial charge in [-0.1, -0.05) is 6.92 Å². The van der Waals surface area contributed by atoms with Gasteiger partial charge in [-0.3, -0.25) is 9.69 Å². The molecular weight excluding hydrogens is 259 g/mol. The van der Waals surface area contributed by atoms with E-state index in [2.05, 4.69) is 0 Å². The smallest absolute Gasteiger partial charge is 0.391 e. The molecule has 3 nitrogen and oxygen atoms in total. The Labute approximate surface area is 111 Å². The number of carboxylic acid groups (broad SMARTS) is 1. The van der Waals surface area contributed by atoms with Crippen molar-refractivity contribution in [2.24, 2.45) is 5.92 Å². The van der Waals surface area contributed by atoms with Gasteiger partial charge in [0.15, 0.2) is 0 Å². The van der Waals surface area contributed by atoms with Crippen LogP contribution in [-0.4, -0.2) is 40.3 Å². The van der Waals surface area contributed by atoms with E-state index in [0.717, 1.165) is 0 Å². The summed E-state index contributed by atoms with van der Waals surface area (Å²) in [6.45, 7) is 5.59. The van der Waals surface area contributed by atoms with Gasteiger partial charge < -0.3 is 5.11 Å². The van der Waals surface area contributed by atoms with Crippen molar-refractivity contribution in [1.82, 2.24) is 4.90 Å². The lowest BCUT2D eigenvalue weighted by atomic mass is 9.83. The highest BCUT2D eigenvalue weighted by atomic mass is 19.4. The summed E-state index contributed by atoms with van der Waals surface area (Å²) >= 11 is 0. The van der Waals surface area contributed by atoms with Crippen molar-refractivity contribution in [2.45, 2.75) is 64.2 Å². The van der Waals surface area contributed by atoms with Gasteiger partial charge in [-0.15, -0.1) is 0 Å². The zero-order valence-corrected chi connectivity index (χ0v) is 11.6. The molecule has 1 rings (SSSR count). The first-order valence-electron chi connectivity index (χ1n) is 6.67. The Morgan fingerprint density at radius 2 is 1.68 bits per heavy atom. The SMILES string of the molecule is CCN(C1CCC(C(F)(F)F)CC1)C(C)(C)C(=O)O. The second-order valence-corrected chi connectivity index (χ2v) is 5.70. The van der Waals surface area contributed by atoms with E-state index in [1.165, 1.54) is 0 Å². The molecule has 0 atom stereocenters. The summed E-state index contributed by atoms with van der Waals surface area (Å²) in [5.74, 6) is -2.16. The Balaban J connectivity index is 2.70. The number of carbonyl (C=O) groups is 1. The van der Waals surface area contributed by atoms with Crippen molar-refractivity contribution in [1.29, 1.82) is 0 Å². The van der Waals surface area contributed by atoms with E-state index in [0.29, 0.717) is 19.4 Å². The van der Waals surface area contributed by atoms with Gasteiger partial charge in [0.25, 0.3) is 0 Å². The summed E-state index contributed by atoms with van der Waals surface area (Å²) < 4.78 is 37.8. The first-order chi connectivity index (χ1) is 8.60. The second-order valence-electron chi connectivity index (χ2n) is 5.70. The molecule has 1 aliphatic carbocycles. The molecule has 0 radical (unpaired) electrons. The highest BCUT2D eigenvalue weighted by molar-refractivity contribution is 5.77. The third kappa shape index (κ3) is 3.61. The Kier molecular flexibility index (Phi) is 4.87. The molecule has 0 aromatic rings. The minimum atomic E-state index is -4.12. The fourth-order valence-corrected chi connectivity index (χ4v) is 2.95. The normalized spacial score (nSPS) is 25.6. The fourth-order valence-electron chi connectivity index (χ4n) is 2.95. The lowest BCUT2D eigenvalue weighted by molar-refractivity contribution is -0.186. The quantitative estimate of drug-likeness (QED) is 0.859. The van der Waals surface area contributed by atoms with Crippen LogP contribution in [0.1, 0.15) is 46.5 Å². The molecule has 0 aromatic heterocycles. The van der Waals surface area contributed by atoms with Crippen LogP contribution >= 0.6 is 0 Å². The Bertz CT molecular complexity index is 320. The van der Waals surface area contributed by atoms with Crippen molar-refractivity contribution < 1.29 is 23.1 Å². The van der Waals surface area contributed by atoms with Crippen molar-refractivity contribution in [3.8, 4) is 0 Å². The summed E-state index contributed by atoms with van der Waals surface area (Å²) in [6.07, 6.45) is -3.10. The lowest BCUT2D eigenvalue weighted by Crippen LogP contribution is -2.55. The molecule has 1 aliphatic rings. The summed E-state index contributed by atoms with van der Waals surface area (Å²) in [6, 6.07) is -0.0744. The first kappa shape index (κ1) is 16.3. The minimum Gasteiger partial charge on any atom is -0.480 e. The van der Waals surface area contributed by atoms with Gasteiger partial charge in [0.05, 0.1) is 5.92 Å². The molecule has 112 valence electrons. The van der Waals surface area contributed by atoms with E-state index < -0.39 is 23.6 Å². The third-order valence-corrected chi connectivity index (χ3v) is 4.18. The zero-order chi connectivity index (χ0) is 14.8. The molecule has 0 aromatic carbocycles. The molecule has 0 amide bonds. The van der Waals surface area contributed by atoms with Gasteiger partial charge in [-0.05, 0) is 46.1 Å². The Morgan fingerprint density at radius 1 is 1.21 bits per heavy atom. The van der Waals surface area contributed by atoms with E-state index in [-0.39, 0.29) is 18.9 Å². The highest BCUT2D eigenvalue weighted by Crippen LogP contribution is 2.39. The second kappa shape index (κ2) is 5.69. The number of rotatable bonds is 4. The minimum absolute atomic E-state index is 0.0744. The number of carboxylic acids is 1. The fraction of sp³-hybridized carbons (Fsp3) is 0.923. The molecule has 19 heavy (non-hydrogen) atoms. The molecule has 0 spiro atoms. The van der Waals surface area contributed by atoms with Crippen LogP contribution in [0.3, 0.4) is 0 Å². The number of likely N-dealkylation sites (N-methyl/N-ethyl adjacent to an activating group) is 1. The maximum atomic E-state index is 12.6. The largest absolute Gasteiger partial charge is 0.480 e. The maximum absolute atomic E-state index is 12.6. The van der Waals surface area contributed by atoms with Crippen LogP contribution < -0.4 is 0 Å². The molecule has 0 bridgehead atoms. The highest BCUT2D eigenvalue weighted by Gasteiger charge is 2.44. The summed E-state index contributed by atoms with van der Waals surface area (Å²) in [4.78, 5) is 13.1. The number of halogens is 3. The van der Waals surface area contributed by atoms with Crippen LogP contribution in [0.25, 0.3) is 0 Å². The van der Waals surface area contributed by atoms with Gasteiger partial charge in [-0.25, -0.2) is 0 Å². The van der Waals surface area contributed by atoms with Crippen molar-refractivity contribution in [2.75, 3.05) is 6.54 Å². The van der Waals surface area contributed by atoms with Crippen LogP contribution in [-0.2, 0) is 4.79 Å². The molecule has 0 saturated heterocycles. The first-order valence-corrected chi connectivity index (χ1v) is 6.67. The summed E-state index contributed by atoms with van der Waals surface area (Å²) in [5, 5.41) is 9.23. The molecular formula is C13H22F3NO2. The summed E-state index contributed by atoms with van der Waals surface area (Å²) in [5.41, 5.74) is -1.04. The van der Waals surface area contributed by atoms with Crippen LogP contribution in [0.5, 0.6) is 0 Å². The van der Waals surface area contributed by atoms with Crippen molar-refractivity contribution in [3.63, 3.8) is 0 Å². The van der Waals surface area contributed by atoms with E-state index >= 15 is 0 Å². The lowest BCUT2D eigenvalue weighted by Gasteiger charge is -2.43. The van der Waals surface area contributed by atoms with Crippen LogP contribution in [0.15, 0.2) is 0 Å². The number of nitrogens with zero attached hydrogens (tertiary/aromatic N) is 1. The third-order valence-electron chi connectivity index (χ3n) is 4.18. The van der Waals surface area contributed by atoms with E-state index in [9.17, 15) is 23.1 Å². The monoisotopic (exact) mass is 281 g/mol. The Morgan fingerprint density at radius 3 is 2.00 bits per heavy atom. The topological polar surface area (TPSA) is 40.5 Å². The van der Waals surface area contributed by atoms with Crippen LogP contribution in [0, 0.1) is 5.92 Å². The number of hydrogen-bond acceptors (Lipinski definition) is 2. The van der Waals surface area contributed by atoms with Crippen molar-refractivity contribution in [3.05, 3.63) is 0 Å². The van der Waals surface area contributed by atoms with E-state index in [1.54, 1.807) is 13.8 Å². The maximum Gasteiger partial charge on any atom is 0.391 e. The molecule has 0 heterocycles. The van der Waals surface area contributed by atoms with Gasteiger partial charge >= 0.3 is 12.1 Å². The standard InChI is InChI=1S/C13H22F3NO2/c1-4-17(12(2,3)11(18)19)10-7-5-9(6-8-10)13(14,15)16/h9-10H,4-8H2,1-3H3,(H,18,19). The predicted molar refractivity (Wildman–Crippen MR) is 65.9 cm³/mol. The molecule has 1 N–H and O–H groups in total. The molecule has 0 unspecified atom stereocenters. The number of aliphatic carboxylic acids is 1. The average molecular weight is 281 g/mol. The average Bonchev–Trinajstić information content (AvgIpc) is 2.28. The van der Waals surface area contributed by atoms with Gasteiger partial charge in [0.2, 0.25) is 0 Å². The van der Waals surface area contributed by atoms with Gasteiger partial charge in [0, 0.05) is 6.04 Å². The number of hydrogen-bond donors (Lipinski definition) is 1. The van der Waals surface area contributed by atoms with Crippen molar-refractivity contribution >= 4 is 5.97 Å². The van der Waals surface area contributed by atoms with Crippen LogP contribution in [0.2, 0.25) is 0 Å². The molecule has 1 saturated carbocycles. The Hall–Kier alpha value is -0.780. The molecule has 1 fully saturated rings. The predicted octanol–water partition coefficient (Wildman–Crippen LogP) is 3.29. The van der Waals surface area contributed by atoms with Crippen LogP contribution in [0.4, 0.5) is 13.2 Å². The summed E-state index contributed by atoms with van der Waals surface area (Å²) in [7, 11) is 0.